The standard InChI is InChI=1S/C15H24N2O/c1-13(18-2)12-17-9-8-16-11-15(17)10-14-6-4-3-5-7-14/h3-7,13,15-16H,8-12H2,1-2H3. The Morgan fingerprint density at radius 2 is 2.17 bits per heavy atom. The highest BCUT2D eigenvalue weighted by molar-refractivity contribution is 5.16. The highest BCUT2D eigenvalue weighted by Crippen LogP contribution is 2.12. The summed E-state index contributed by atoms with van der Waals surface area (Å²) in [5, 5.41) is 3.49. The highest BCUT2D eigenvalue weighted by atomic mass is 16.5. The molecule has 1 aliphatic rings. The van der Waals surface area contributed by atoms with Crippen LogP contribution in [0, 0.1) is 0 Å². The van der Waals surface area contributed by atoms with Crippen molar-refractivity contribution in [1.29, 1.82) is 0 Å². The molecule has 1 heterocycles. The van der Waals surface area contributed by atoms with Crippen molar-refractivity contribution in [2.45, 2.75) is 25.5 Å². The summed E-state index contributed by atoms with van der Waals surface area (Å²) in [7, 11) is 1.79. The molecule has 18 heavy (non-hydrogen) atoms. The fourth-order valence-corrected chi connectivity index (χ4v) is 2.54. The molecule has 100 valence electrons. The molecular weight excluding hydrogens is 224 g/mol. The van der Waals surface area contributed by atoms with Crippen molar-refractivity contribution in [2.75, 3.05) is 33.3 Å². The van der Waals surface area contributed by atoms with Gasteiger partial charge in [0.05, 0.1) is 6.10 Å². The summed E-state index contributed by atoms with van der Waals surface area (Å²) in [5.41, 5.74) is 1.42. The van der Waals surface area contributed by atoms with Gasteiger partial charge in [0.15, 0.2) is 0 Å². The van der Waals surface area contributed by atoms with E-state index in [4.69, 9.17) is 4.74 Å². The molecule has 1 saturated heterocycles. The number of hydrogen-bond donors (Lipinski definition) is 1. The normalized spacial score (nSPS) is 22.9. The van der Waals surface area contributed by atoms with Gasteiger partial charge in [0, 0.05) is 39.3 Å². The molecule has 0 aromatic heterocycles. The van der Waals surface area contributed by atoms with Crippen LogP contribution >= 0.6 is 0 Å². The van der Waals surface area contributed by atoms with E-state index < -0.39 is 0 Å². The maximum Gasteiger partial charge on any atom is 0.0670 e. The Morgan fingerprint density at radius 3 is 2.89 bits per heavy atom. The third-order valence-electron chi connectivity index (χ3n) is 3.68. The fourth-order valence-electron chi connectivity index (χ4n) is 2.54. The fraction of sp³-hybridized carbons (Fsp3) is 0.600. The number of nitrogens with one attached hydrogen (secondary N) is 1. The lowest BCUT2D eigenvalue weighted by Crippen LogP contribution is -2.54. The van der Waals surface area contributed by atoms with Crippen LogP contribution in [-0.2, 0) is 11.2 Å². The first-order chi connectivity index (χ1) is 8.79. The molecule has 3 heteroatoms. The van der Waals surface area contributed by atoms with Gasteiger partial charge >= 0.3 is 0 Å². The van der Waals surface area contributed by atoms with Gasteiger partial charge in [0.2, 0.25) is 0 Å². The van der Waals surface area contributed by atoms with E-state index in [9.17, 15) is 0 Å². The Kier molecular flexibility index (Phi) is 5.17. The third-order valence-corrected chi connectivity index (χ3v) is 3.68. The van der Waals surface area contributed by atoms with Crippen LogP contribution in [0.1, 0.15) is 12.5 Å². The van der Waals surface area contributed by atoms with Gasteiger partial charge in [0.25, 0.3) is 0 Å². The van der Waals surface area contributed by atoms with Crippen LogP contribution in [0.15, 0.2) is 30.3 Å². The molecule has 2 unspecified atom stereocenters. The van der Waals surface area contributed by atoms with Crippen LogP contribution < -0.4 is 5.32 Å². The molecule has 1 aromatic carbocycles. The van der Waals surface area contributed by atoms with Gasteiger partial charge in [-0.3, -0.25) is 4.90 Å². The van der Waals surface area contributed by atoms with Crippen molar-refractivity contribution in [1.82, 2.24) is 10.2 Å². The number of rotatable bonds is 5. The molecule has 1 aromatic rings. The molecule has 0 aliphatic carbocycles. The molecular formula is C15H24N2O. The average Bonchev–Trinajstić information content (AvgIpc) is 2.42. The predicted molar refractivity (Wildman–Crippen MR) is 74.8 cm³/mol. The maximum atomic E-state index is 5.39. The van der Waals surface area contributed by atoms with E-state index in [1.807, 2.05) is 0 Å². The van der Waals surface area contributed by atoms with Gasteiger partial charge in [-0.25, -0.2) is 0 Å². The van der Waals surface area contributed by atoms with Gasteiger partial charge in [-0.1, -0.05) is 30.3 Å². The zero-order valence-electron chi connectivity index (χ0n) is 11.4. The van der Waals surface area contributed by atoms with Crippen LogP contribution in [-0.4, -0.2) is 50.3 Å². The molecule has 1 aliphatic heterocycles. The second kappa shape index (κ2) is 6.88. The van der Waals surface area contributed by atoms with E-state index in [0.717, 1.165) is 32.6 Å². The van der Waals surface area contributed by atoms with Crippen molar-refractivity contribution in [2.24, 2.45) is 0 Å². The second-order valence-corrected chi connectivity index (χ2v) is 5.09. The van der Waals surface area contributed by atoms with Crippen molar-refractivity contribution in [3.05, 3.63) is 35.9 Å². The summed E-state index contributed by atoms with van der Waals surface area (Å²) < 4.78 is 5.39. The number of benzene rings is 1. The molecule has 0 bridgehead atoms. The van der Waals surface area contributed by atoms with Gasteiger partial charge in [0.1, 0.15) is 0 Å². The Labute approximate surface area is 110 Å². The summed E-state index contributed by atoms with van der Waals surface area (Å²) in [5.74, 6) is 0. The van der Waals surface area contributed by atoms with Crippen LogP contribution in [0.4, 0.5) is 0 Å². The van der Waals surface area contributed by atoms with E-state index in [1.54, 1.807) is 7.11 Å². The van der Waals surface area contributed by atoms with Gasteiger partial charge in [-0.2, -0.15) is 0 Å². The van der Waals surface area contributed by atoms with Gasteiger partial charge in [-0.15, -0.1) is 0 Å². The van der Waals surface area contributed by atoms with Gasteiger partial charge in [-0.05, 0) is 18.9 Å². The van der Waals surface area contributed by atoms with E-state index >= 15 is 0 Å². The number of ether oxygens (including phenoxy) is 1. The smallest absolute Gasteiger partial charge is 0.0670 e. The summed E-state index contributed by atoms with van der Waals surface area (Å²) >= 11 is 0. The van der Waals surface area contributed by atoms with E-state index in [-0.39, 0.29) is 0 Å². The molecule has 0 amide bonds. The molecule has 1 N–H and O–H groups in total. The van der Waals surface area contributed by atoms with Crippen LogP contribution in [0.5, 0.6) is 0 Å². The number of hydrogen-bond acceptors (Lipinski definition) is 3. The van der Waals surface area contributed by atoms with Crippen LogP contribution in [0.25, 0.3) is 0 Å². The van der Waals surface area contributed by atoms with E-state index in [0.29, 0.717) is 12.1 Å². The molecule has 0 spiro atoms. The van der Waals surface area contributed by atoms with Crippen molar-refractivity contribution >= 4 is 0 Å². The minimum atomic E-state index is 0.307. The zero-order chi connectivity index (χ0) is 12.8. The molecule has 0 radical (unpaired) electrons. The monoisotopic (exact) mass is 248 g/mol. The maximum absolute atomic E-state index is 5.39. The lowest BCUT2D eigenvalue weighted by atomic mass is 10.0. The minimum absolute atomic E-state index is 0.307. The molecule has 1 fully saturated rings. The summed E-state index contributed by atoms with van der Waals surface area (Å²) in [4.78, 5) is 2.55. The summed E-state index contributed by atoms with van der Waals surface area (Å²) in [6.07, 6.45) is 1.42. The summed E-state index contributed by atoms with van der Waals surface area (Å²) in [6, 6.07) is 11.3. The Hall–Kier alpha value is -0.900. The first-order valence-electron chi connectivity index (χ1n) is 6.81. The highest BCUT2D eigenvalue weighted by Gasteiger charge is 2.23. The summed E-state index contributed by atoms with van der Waals surface area (Å²) in [6.45, 7) is 6.44. The van der Waals surface area contributed by atoms with E-state index in [1.165, 1.54) is 5.56 Å². The lowest BCUT2D eigenvalue weighted by Gasteiger charge is -2.37. The Bertz CT molecular complexity index is 342. The van der Waals surface area contributed by atoms with Crippen LogP contribution in [0.2, 0.25) is 0 Å². The Balaban J connectivity index is 1.95. The SMILES string of the molecule is COC(C)CN1CCNCC1Cc1ccccc1. The minimum Gasteiger partial charge on any atom is -0.380 e. The topological polar surface area (TPSA) is 24.5 Å². The van der Waals surface area contributed by atoms with Gasteiger partial charge < -0.3 is 10.1 Å². The number of piperazine rings is 1. The first kappa shape index (κ1) is 13.5. The quantitative estimate of drug-likeness (QED) is 0.855. The first-order valence-corrected chi connectivity index (χ1v) is 6.81. The lowest BCUT2D eigenvalue weighted by molar-refractivity contribution is 0.0510. The van der Waals surface area contributed by atoms with E-state index in [2.05, 4.69) is 47.5 Å². The van der Waals surface area contributed by atoms with Crippen molar-refractivity contribution in [3.63, 3.8) is 0 Å². The predicted octanol–water partition coefficient (Wildman–Crippen LogP) is 1.54. The largest absolute Gasteiger partial charge is 0.380 e. The molecule has 2 atom stereocenters. The number of methoxy groups -OCH3 is 1. The molecule has 0 saturated carbocycles. The molecule has 3 nitrogen and oxygen atoms in total. The third kappa shape index (κ3) is 3.80. The number of nitrogens with zero attached hydrogens (tertiary/aromatic N) is 1. The zero-order valence-corrected chi connectivity index (χ0v) is 11.4. The van der Waals surface area contributed by atoms with Crippen LogP contribution in [0.3, 0.4) is 0 Å². The average molecular weight is 248 g/mol. The second-order valence-electron chi connectivity index (χ2n) is 5.09. The molecule has 2 rings (SSSR count). The van der Waals surface area contributed by atoms with Crippen molar-refractivity contribution in [3.8, 4) is 0 Å². The Morgan fingerprint density at radius 1 is 1.39 bits per heavy atom. The van der Waals surface area contributed by atoms with Crippen molar-refractivity contribution < 1.29 is 4.74 Å².